The molecule has 150 valence electrons. The number of benzene rings is 2. The second-order valence-corrected chi connectivity index (χ2v) is 7.51. The number of carbonyl (C=O) groups excluding carboxylic acids is 3. The molecule has 2 fully saturated rings. The maximum absolute atomic E-state index is 13.1. The number of rotatable bonds is 5. The minimum Gasteiger partial charge on any atom is -0.338 e. The molecule has 3 amide bonds. The zero-order valence-corrected chi connectivity index (χ0v) is 16.0. The average molecular weight is 395 g/mol. The topological polar surface area (TPSA) is 60.9 Å². The summed E-state index contributed by atoms with van der Waals surface area (Å²) < 4.78 is 13.1. The molecule has 0 radical (unpaired) electrons. The fourth-order valence-electron chi connectivity index (χ4n) is 3.96. The Labute approximate surface area is 168 Å². The van der Waals surface area contributed by atoms with Gasteiger partial charge in [0.2, 0.25) is 5.91 Å². The van der Waals surface area contributed by atoms with E-state index < -0.39 is 17.6 Å². The Morgan fingerprint density at radius 1 is 0.862 bits per heavy atom. The molecular weight excluding hydrogens is 373 g/mol. The summed E-state index contributed by atoms with van der Waals surface area (Å²) in [6.45, 7) is 2.27. The number of likely N-dealkylation sites (tertiary alicyclic amines) is 1. The van der Waals surface area contributed by atoms with Crippen LogP contribution in [0.25, 0.3) is 0 Å². The zero-order chi connectivity index (χ0) is 20.4. The fraction of sp³-hybridized carbons (Fsp3) is 0.318. The summed E-state index contributed by atoms with van der Waals surface area (Å²) in [5.41, 5.74) is 1.58. The van der Waals surface area contributed by atoms with E-state index in [9.17, 15) is 18.8 Å². The van der Waals surface area contributed by atoms with Gasteiger partial charge in [0, 0.05) is 50.7 Å². The van der Waals surface area contributed by atoms with E-state index in [-0.39, 0.29) is 11.8 Å². The van der Waals surface area contributed by atoms with E-state index in [1.807, 2.05) is 30.3 Å². The second-order valence-electron chi connectivity index (χ2n) is 7.51. The zero-order valence-electron chi connectivity index (χ0n) is 16.0. The predicted octanol–water partition coefficient (Wildman–Crippen LogP) is 2.05. The molecule has 0 saturated carbocycles. The average Bonchev–Trinajstić information content (AvgIpc) is 3.06. The summed E-state index contributed by atoms with van der Waals surface area (Å²) in [4.78, 5) is 42.2. The predicted molar refractivity (Wildman–Crippen MR) is 105 cm³/mol. The van der Waals surface area contributed by atoms with Gasteiger partial charge in [-0.1, -0.05) is 30.3 Å². The van der Waals surface area contributed by atoms with Gasteiger partial charge >= 0.3 is 11.8 Å². The van der Waals surface area contributed by atoms with Crippen molar-refractivity contribution < 1.29 is 18.8 Å². The molecule has 2 aromatic rings. The van der Waals surface area contributed by atoms with Gasteiger partial charge in [0.25, 0.3) is 0 Å². The highest BCUT2D eigenvalue weighted by atomic mass is 19.1. The van der Waals surface area contributed by atoms with Crippen molar-refractivity contribution in [1.82, 2.24) is 9.80 Å². The summed E-state index contributed by atoms with van der Waals surface area (Å²) >= 11 is 0. The molecule has 2 saturated heterocycles. The smallest absolute Gasteiger partial charge is 0.316 e. The molecule has 1 atom stereocenters. The quantitative estimate of drug-likeness (QED) is 0.728. The minimum atomic E-state index is -0.617. The summed E-state index contributed by atoms with van der Waals surface area (Å²) in [5.74, 6) is -1.50. The summed E-state index contributed by atoms with van der Waals surface area (Å²) in [6.07, 6.45) is 0.381. The fourth-order valence-corrected chi connectivity index (χ4v) is 3.96. The first-order chi connectivity index (χ1) is 14.0. The molecule has 1 unspecified atom stereocenters. The first-order valence-corrected chi connectivity index (χ1v) is 9.69. The first kappa shape index (κ1) is 19.1. The number of amides is 3. The lowest BCUT2D eigenvalue weighted by atomic mass is 10.1. The Kier molecular flexibility index (Phi) is 5.29. The lowest BCUT2D eigenvalue weighted by Gasteiger charge is -2.35. The Morgan fingerprint density at radius 2 is 1.59 bits per heavy atom. The molecular formula is C22H22FN3O3. The van der Waals surface area contributed by atoms with Crippen molar-refractivity contribution in [2.75, 3.05) is 31.1 Å². The van der Waals surface area contributed by atoms with E-state index in [1.165, 1.54) is 34.1 Å². The number of nitrogens with zero attached hydrogens (tertiary/aromatic N) is 3. The highest BCUT2D eigenvalue weighted by Crippen LogP contribution is 2.23. The van der Waals surface area contributed by atoms with Gasteiger partial charge in [-0.3, -0.25) is 14.4 Å². The number of piperazine rings is 1. The Bertz CT molecular complexity index is 917. The Hall–Kier alpha value is -3.22. The highest BCUT2D eigenvalue weighted by Gasteiger charge is 2.37. The molecule has 4 rings (SSSR count). The van der Waals surface area contributed by atoms with Crippen LogP contribution in [0.5, 0.6) is 0 Å². The minimum absolute atomic E-state index is 0.0142. The highest BCUT2D eigenvalue weighted by molar-refractivity contribution is 6.41. The maximum atomic E-state index is 13.1. The summed E-state index contributed by atoms with van der Waals surface area (Å²) in [6, 6.07) is 15.3. The molecule has 6 nitrogen and oxygen atoms in total. The third kappa shape index (κ3) is 4.13. The van der Waals surface area contributed by atoms with Crippen LogP contribution in [0, 0.1) is 11.7 Å². The Balaban J connectivity index is 1.36. The van der Waals surface area contributed by atoms with Crippen LogP contribution >= 0.6 is 0 Å². The van der Waals surface area contributed by atoms with Crippen molar-refractivity contribution in [3.63, 3.8) is 0 Å². The van der Waals surface area contributed by atoms with Gasteiger partial charge in [0.15, 0.2) is 0 Å². The molecule has 2 heterocycles. The van der Waals surface area contributed by atoms with Crippen molar-refractivity contribution in [1.29, 1.82) is 0 Å². The van der Waals surface area contributed by atoms with Crippen molar-refractivity contribution in [3.05, 3.63) is 66.0 Å². The van der Waals surface area contributed by atoms with Gasteiger partial charge in [0.05, 0.1) is 0 Å². The molecule has 2 aromatic carbocycles. The molecule has 7 heteroatoms. The van der Waals surface area contributed by atoms with E-state index in [1.54, 1.807) is 4.90 Å². The van der Waals surface area contributed by atoms with Gasteiger partial charge in [-0.05, 0) is 29.8 Å². The van der Waals surface area contributed by atoms with Gasteiger partial charge in [-0.25, -0.2) is 4.39 Å². The normalized spacial score (nSPS) is 20.0. The van der Waals surface area contributed by atoms with Crippen LogP contribution in [0.2, 0.25) is 0 Å². The molecule has 0 N–H and O–H groups in total. The number of hydrogen-bond donors (Lipinski definition) is 0. The lowest BCUT2D eigenvalue weighted by molar-refractivity contribution is -0.146. The van der Waals surface area contributed by atoms with Crippen molar-refractivity contribution in [3.8, 4) is 0 Å². The number of hydrogen-bond acceptors (Lipinski definition) is 3. The number of halogens is 1. The number of carbonyl (C=O) groups is 3. The van der Waals surface area contributed by atoms with E-state index in [0.29, 0.717) is 44.8 Å². The van der Waals surface area contributed by atoms with Crippen LogP contribution in [0.3, 0.4) is 0 Å². The monoisotopic (exact) mass is 395 g/mol. The molecule has 2 aliphatic heterocycles. The molecule has 0 aliphatic carbocycles. The van der Waals surface area contributed by atoms with Gasteiger partial charge in [-0.15, -0.1) is 0 Å². The lowest BCUT2D eigenvalue weighted by Crippen LogP contribution is -2.55. The van der Waals surface area contributed by atoms with Crippen LogP contribution in [-0.2, 0) is 20.9 Å². The second kappa shape index (κ2) is 8.03. The van der Waals surface area contributed by atoms with Gasteiger partial charge < -0.3 is 14.7 Å². The third-order valence-electron chi connectivity index (χ3n) is 5.44. The van der Waals surface area contributed by atoms with E-state index in [4.69, 9.17) is 0 Å². The number of anilines is 1. The molecule has 0 spiro atoms. The van der Waals surface area contributed by atoms with E-state index in [2.05, 4.69) is 0 Å². The van der Waals surface area contributed by atoms with E-state index >= 15 is 0 Å². The van der Waals surface area contributed by atoms with Crippen molar-refractivity contribution in [2.45, 2.75) is 13.0 Å². The van der Waals surface area contributed by atoms with Crippen LogP contribution in [0.15, 0.2) is 54.6 Å². The van der Waals surface area contributed by atoms with Crippen LogP contribution < -0.4 is 4.90 Å². The summed E-state index contributed by atoms with van der Waals surface area (Å²) in [7, 11) is 0. The third-order valence-corrected chi connectivity index (χ3v) is 5.44. The van der Waals surface area contributed by atoms with Crippen molar-refractivity contribution in [2.24, 2.45) is 5.92 Å². The first-order valence-electron chi connectivity index (χ1n) is 9.69. The van der Waals surface area contributed by atoms with Crippen LogP contribution in [0.1, 0.15) is 12.0 Å². The van der Waals surface area contributed by atoms with E-state index in [0.717, 1.165) is 5.56 Å². The van der Waals surface area contributed by atoms with Crippen LogP contribution in [0.4, 0.5) is 10.1 Å². The largest absolute Gasteiger partial charge is 0.338 e. The molecule has 0 bridgehead atoms. The molecule has 0 aromatic heterocycles. The van der Waals surface area contributed by atoms with Gasteiger partial charge in [0.1, 0.15) is 5.82 Å². The Morgan fingerprint density at radius 3 is 2.31 bits per heavy atom. The maximum Gasteiger partial charge on any atom is 0.316 e. The molecule has 2 aliphatic rings. The van der Waals surface area contributed by atoms with Crippen molar-refractivity contribution >= 4 is 23.4 Å². The van der Waals surface area contributed by atoms with Crippen LogP contribution in [-0.4, -0.2) is 53.7 Å². The SMILES string of the molecule is O=C1CC(CN2CCN(c3ccc(F)cc3)C(=O)C2=O)CN1Cc1ccccc1. The standard InChI is InChI=1S/C22H22FN3O3/c23-18-6-8-19(9-7-18)26-11-10-24(21(28)22(26)29)14-17-12-20(27)25(15-17)13-16-4-2-1-3-5-16/h1-9,17H,10-15H2. The van der Waals surface area contributed by atoms with Gasteiger partial charge in [-0.2, -0.15) is 0 Å². The molecule has 29 heavy (non-hydrogen) atoms. The summed E-state index contributed by atoms with van der Waals surface area (Å²) in [5, 5.41) is 0.